The molecule has 1 aromatic carbocycles. The number of rotatable bonds is 3. The van der Waals surface area contributed by atoms with Crippen LogP contribution in [0.4, 0.5) is 0 Å². The number of hydrogen-bond donors (Lipinski definition) is 0. The lowest BCUT2D eigenvalue weighted by Gasteiger charge is -2.25. The highest BCUT2D eigenvalue weighted by Gasteiger charge is 2.46. The first-order valence-corrected chi connectivity index (χ1v) is 9.07. The second kappa shape index (κ2) is 5.99. The summed E-state index contributed by atoms with van der Waals surface area (Å²) in [6, 6.07) is 8.39. The Hall–Kier alpha value is -2.14. The van der Waals surface area contributed by atoms with E-state index in [-0.39, 0.29) is 11.5 Å². The van der Waals surface area contributed by atoms with Crippen LogP contribution < -0.4 is 0 Å². The summed E-state index contributed by atoms with van der Waals surface area (Å²) in [5.74, 6) is 0.173. The fourth-order valence-electron chi connectivity index (χ4n) is 4.28. The lowest BCUT2D eigenvalue weighted by atomic mass is 9.92. The summed E-state index contributed by atoms with van der Waals surface area (Å²) in [4.78, 5) is 14.9. The number of ether oxygens (including phenoxy) is 1. The molecule has 5 nitrogen and oxygen atoms in total. The molecule has 0 aliphatic carbocycles. The topological polar surface area (TPSA) is 47.4 Å². The van der Waals surface area contributed by atoms with E-state index in [1.807, 2.05) is 23.4 Å². The average molecular weight is 339 g/mol. The molecule has 132 valence electrons. The Morgan fingerprint density at radius 1 is 1.32 bits per heavy atom. The van der Waals surface area contributed by atoms with Gasteiger partial charge in [-0.15, -0.1) is 0 Å². The van der Waals surface area contributed by atoms with Crippen molar-refractivity contribution >= 4 is 5.91 Å². The van der Waals surface area contributed by atoms with Gasteiger partial charge in [0.2, 0.25) is 5.91 Å². The number of likely N-dealkylation sites (tertiary alicyclic amines) is 1. The van der Waals surface area contributed by atoms with Crippen LogP contribution in [-0.2, 0) is 34.7 Å². The zero-order chi connectivity index (χ0) is 17.6. The molecule has 1 saturated heterocycles. The number of fused-ring (bicyclic) bond motifs is 2. The molecule has 3 heterocycles. The molecule has 1 aromatic heterocycles. The number of aromatic nitrogens is 2. The molecular formula is C20H25N3O2. The highest BCUT2D eigenvalue weighted by atomic mass is 16.5. The van der Waals surface area contributed by atoms with Gasteiger partial charge in [0.25, 0.3) is 0 Å². The van der Waals surface area contributed by atoms with Gasteiger partial charge in [0.05, 0.1) is 25.3 Å². The lowest BCUT2D eigenvalue weighted by Crippen LogP contribution is -2.35. The standard InChI is InChI=1S/C20H25N3O2/c1-4-23-15(3)17(14(2)21-23)11-19(24)22-10-9-20(13-22)18-8-6-5-7-16(18)12-25-20/h5-8H,4,9-13H2,1-3H3. The van der Waals surface area contributed by atoms with Gasteiger partial charge in [0, 0.05) is 24.3 Å². The Bertz CT molecular complexity index is 826. The van der Waals surface area contributed by atoms with Crippen LogP contribution in [0, 0.1) is 13.8 Å². The van der Waals surface area contributed by atoms with E-state index < -0.39 is 0 Å². The van der Waals surface area contributed by atoms with E-state index in [0.29, 0.717) is 19.6 Å². The van der Waals surface area contributed by atoms with Crippen LogP contribution in [0.5, 0.6) is 0 Å². The number of amides is 1. The normalized spacial score (nSPS) is 22.0. The minimum Gasteiger partial charge on any atom is -0.364 e. The predicted octanol–water partition coefficient (Wildman–Crippen LogP) is 2.72. The summed E-state index contributed by atoms with van der Waals surface area (Å²) in [7, 11) is 0. The summed E-state index contributed by atoms with van der Waals surface area (Å²) in [6.45, 7) is 9.01. The van der Waals surface area contributed by atoms with Crippen molar-refractivity contribution in [3.63, 3.8) is 0 Å². The molecule has 2 aliphatic rings. The molecule has 1 fully saturated rings. The molecule has 0 radical (unpaired) electrons. The first-order chi connectivity index (χ1) is 12.0. The number of hydrogen-bond acceptors (Lipinski definition) is 3. The van der Waals surface area contributed by atoms with Crippen molar-refractivity contribution in [1.82, 2.24) is 14.7 Å². The fourth-order valence-corrected chi connectivity index (χ4v) is 4.28. The Balaban J connectivity index is 1.51. The average Bonchev–Trinajstić information content (AvgIpc) is 3.29. The van der Waals surface area contributed by atoms with Gasteiger partial charge in [-0.1, -0.05) is 24.3 Å². The Kier molecular flexibility index (Phi) is 3.91. The van der Waals surface area contributed by atoms with E-state index in [9.17, 15) is 4.79 Å². The summed E-state index contributed by atoms with van der Waals surface area (Å²) in [5.41, 5.74) is 5.35. The molecule has 1 amide bonds. The predicted molar refractivity (Wildman–Crippen MR) is 95.2 cm³/mol. The molecule has 1 spiro atoms. The summed E-state index contributed by atoms with van der Waals surface area (Å²) in [5, 5.41) is 4.53. The zero-order valence-corrected chi connectivity index (χ0v) is 15.2. The smallest absolute Gasteiger partial charge is 0.227 e. The van der Waals surface area contributed by atoms with Crippen LogP contribution in [0.3, 0.4) is 0 Å². The quantitative estimate of drug-likeness (QED) is 0.864. The molecular weight excluding hydrogens is 314 g/mol. The Morgan fingerprint density at radius 2 is 2.12 bits per heavy atom. The van der Waals surface area contributed by atoms with Gasteiger partial charge in [-0.05, 0) is 38.3 Å². The Morgan fingerprint density at radius 3 is 2.88 bits per heavy atom. The molecule has 0 saturated carbocycles. The lowest BCUT2D eigenvalue weighted by molar-refractivity contribution is -0.131. The number of aryl methyl sites for hydroxylation is 2. The number of benzene rings is 1. The minimum absolute atomic E-state index is 0.173. The van der Waals surface area contributed by atoms with Crippen molar-refractivity contribution < 1.29 is 9.53 Å². The van der Waals surface area contributed by atoms with E-state index >= 15 is 0 Å². The maximum absolute atomic E-state index is 12.9. The molecule has 0 N–H and O–H groups in total. The molecule has 25 heavy (non-hydrogen) atoms. The number of carbonyl (C=O) groups is 1. The third-order valence-electron chi connectivity index (χ3n) is 5.76. The van der Waals surface area contributed by atoms with Gasteiger partial charge < -0.3 is 9.64 Å². The highest BCUT2D eigenvalue weighted by Crippen LogP contribution is 2.43. The summed E-state index contributed by atoms with van der Waals surface area (Å²) >= 11 is 0. The molecule has 1 unspecified atom stereocenters. The van der Waals surface area contributed by atoms with Gasteiger partial charge in [-0.3, -0.25) is 9.48 Å². The Labute approximate surface area is 148 Å². The minimum atomic E-state index is -0.302. The number of nitrogens with zero attached hydrogens (tertiary/aromatic N) is 3. The third kappa shape index (κ3) is 2.58. The van der Waals surface area contributed by atoms with E-state index in [0.717, 1.165) is 36.5 Å². The molecule has 1 atom stereocenters. The van der Waals surface area contributed by atoms with Crippen LogP contribution in [0.1, 0.15) is 41.4 Å². The zero-order valence-electron chi connectivity index (χ0n) is 15.2. The van der Waals surface area contributed by atoms with Crippen molar-refractivity contribution in [3.8, 4) is 0 Å². The van der Waals surface area contributed by atoms with Gasteiger partial charge in [0.15, 0.2) is 0 Å². The first kappa shape index (κ1) is 16.3. The maximum atomic E-state index is 12.9. The second-order valence-corrected chi connectivity index (χ2v) is 7.15. The molecule has 2 aromatic rings. The van der Waals surface area contributed by atoms with Crippen LogP contribution >= 0.6 is 0 Å². The van der Waals surface area contributed by atoms with E-state index in [1.54, 1.807) is 0 Å². The van der Waals surface area contributed by atoms with Crippen molar-refractivity contribution in [2.75, 3.05) is 13.1 Å². The van der Waals surface area contributed by atoms with Gasteiger partial charge in [-0.25, -0.2) is 0 Å². The second-order valence-electron chi connectivity index (χ2n) is 7.15. The molecule has 2 aliphatic heterocycles. The molecule has 4 rings (SSSR count). The van der Waals surface area contributed by atoms with E-state index in [4.69, 9.17) is 4.74 Å². The van der Waals surface area contributed by atoms with Gasteiger partial charge in [-0.2, -0.15) is 5.10 Å². The summed E-state index contributed by atoms with van der Waals surface area (Å²) in [6.07, 6.45) is 1.30. The summed E-state index contributed by atoms with van der Waals surface area (Å²) < 4.78 is 8.13. The van der Waals surface area contributed by atoms with Crippen molar-refractivity contribution in [2.45, 2.75) is 52.4 Å². The first-order valence-electron chi connectivity index (χ1n) is 9.07. The van der Waals surface area contributed by atoms with Crippen LogP contribution in [-0.4, -0.2) is 33.7 Å². The van der Waals surface area contributed by atoms with E-state index in [1.165, 1.54) is 11.1 Å². The monoisotopic (exact) mass is 339 g/mol. The highest BCUT2D eigenvalue weighted by molar-refractivity contribution is 5.80. The van der Waals surface area contributed by atoms with Crippen molar-refractivity contribution in [3.05, 3.63) is 52.3 Å². The fraction of sp³-hybridized carbons (Fsp3) is 0.500. The van der Waals surface area contributed by atoms with Crippen molar-refractivity contribution in [1.29, 1.82) is 0 Å². The molecule has 0 bridgehead atoms. The molecule has 5 heteroatoms. The largest absolute Gasteiger partial charge is 0.364 e. The SMILES string of the molecule is CCn1nc(C)c(CC(=O)N2CCC3(C2)OCc2ccccc23)c1C. The van der Waals surface area contributed by atoms with Crippen molar-refractivity contribution in [2.24, 2.45) is 0 Å². The maximum Gasteiger partial charge on any atom is 0.227 e. The van der Waals surface area contributed by atoms with Gasteiger partial charge >= 0.3 is 0 Å². The van der Waals surface area contributed by atoms with Gasteiger partial charge in [0.1, 0.15) is 5.60 Å². The van der Waals surface area contributed by atoms with E-state index in [2.05, 4.69) is 36.3 Å². The van der Waals surface area contributed by atoms with Crippen LogP contribution in [0.2, 0.25) is 0 Å². The third-order valence-corrected chi connectivity index (χ3v) is 5.76. The van der Waals surface area contributed by atoms with Crippen LogP contribution in [0.25, 0.3) is 0 Å². The van der Waals surface area contributed by atoms with Crippen LogP contribution in [0.15, 0.2) is 24.3 Å². The number of carbonyl (C=O) groups excluding carboxylic acids is 1.